The minimum Gasteiger partial charge on any atom is -0.486 e. The van der Waals surface area contributed by atoms with Crippen molar-refractivity contribution in [3.8, 4) is 11.5 Å². The highest BCUT2D eigenvalue weighted by atomic mass is 16.6. The molecule has 0 radical (unpaired) electrons. The van der Waals surface area contributed by atoms with Crippen molar-refractivity contribution >= 4 is 22.6 Å². The van der Waals surface area contributed by atoms with Gasteiger partial charge in [-0.3, -0.25) is 4.79 Å². The molecule has 0 saturated heterocycles. The molecular formula is C23H20N4O3. The summed E-state index contributed by atoms with van der Waals surface area (Å²) in [6.45, 7) is 3.74. The Bertz CT molecular complexity index is 1250. The summed E-state index contributed by atoms with van der Waals surface area (Å²) in [5.41, 5.74) is 5.11. The number of benzene rings is 3. The highest BCUT2D eigenvalue weighted by Crippen LogP contribution is 2.32. The number of carbonyl (C=O) groups is 1. The number of nitrogens with one attached hydrogen (secondary N) is 1. The topological polar surface area (TPSA) is 78.3 Å². The van der Waals surface area contributed by atoms with Crippen molar-refractivity contribution in [2.45, 2.75) is 13.5 Å². The molecule has 7 nitrogen and oxygen atoms in total. The predicted molar refractivity (Wildman–Crippen MR) is 113 cm³/mol. The van der Waals surface area contributed by atoms with Gasteiger partial charge in [-0.1, -0.05) is 29.5 Å². The molecular weight excluding hydrogens is 380 g/mol. The van der Waals surface area contributed by atoms with E-state index < -0.39 is 0 Å². The van der Waals surface area contributed by atoms with Gasteiger partial charge in [0.15, 0.2) is 11.5 Å². The van der Waals surface area contributed by atoms with Crippen LogP contribution in [0.25, 0.3) is 11.0 Å². The lowest BCUT2D eigenvalue weighted by Crippen LogP contribution is -2.16. The van der Waals surface area contributed by atoms with Gasteiger partial charge in [-0.25, -0.2) is 4.68 Å². The predicted octanol–water partition coefficient (Wildman–Crippen LogP) is 3.81. The highest BCUT2D eigenvalue weighted by Gasteiger charge is 2.15. The second-order valence-corrected chi connectivity index (χ2v) is 7.19. The average molecular weight is 400 g/mol. The van der Waals surface area contributed by atoms with Gasteiger partial charge in [0.2, 0.25) is 0 Å². The normalized spacial score (nSPS) is 12.7. The van der Waals surface area contributed by atoms with Crippen LogP contribution in [-0.2, 0) is 6.54 Å². The number of nitrogens with zero attached hydrogens (tertiary/aromatic N) is 3. The fourth-order valence-corrected chi connectivity index (χ4v) is 3.50. The number of hydrogen-bond donors (Lipinski definition) is 1. The molecule has 0 saturated carbocycles. The van der Waals surface area contributed by atoms with E-state index in [1.54, 1.807) is 30.3 Å². The molecule has 0 unspecified atom stereocenters. The SMILES string of the molecule is Cc1ccccc1Cn1nnc2cc(C(=O)Nc3ccc4c(c3)OCCO4)ccc21. The van der Waals surface area contributed by atoms with Crippen LogP contribution in [0.3, 0.4) is 0 Å². The van der Waals surface area contributed by atoms with Crippen LogP contribution in [0.4, 0.5) is 5.69 Å². The quantitative estimate of drug-likeness (QED) is 0.564. The molecule has 4 aromatic rings. The third-order valence-corrected chi connectivity index (χ3v) is 5.16. The molecule has 0 spiro atoms. The standard InChI is InChI=1S/C23H20N4O3/c1-15-4-2-3-5-17(15)14-27-20-8-6-16(12-19(20)25-26-27)23(28)24-18-7-9-21-22(13-18)30-11-10-29-21/h2-9,12-13H,10-11,14H2,1H3,(H,24,28). The number of hydrogen-bond acceptors (Lipinski definition) is 5. The first kappa shape index (κ1) is 18.2. The first-order valence-corrected chi connectivity index (χ1v) is 9.76. The maximum Gasteiger partial charge on any atom is 0.255 e. The van der Waals surface area contributed by atoms with Crippen molar-refractivity contribution in [3.05, 3.63) is 77.4 Å². The summed E-state index contributed by atoms with van der Waals surface area (Å²) in [4.78, 5) is 12.7. The van der Waals surface area contributed by atoms with Gasteiger partial charge < -0.3 is 14.8 Å². The summed E-state index contributed by atoms with van der Waals surface area (Å²) in [6.07, 6.45) is 0. The fourth-order valence-electron chi connectivity index (χ4n) is 3.50. The molecule has 0 aliphatic carbocycles. The molecule has 30 heavy (non-hydrogen) atoms. The van der Waals surface area contributed by atoms with Gasteiger partial charge in [-0.05, 0) is 48.4 Å². The van der Waals surface area contributed by atoms with Crippen molar-refractivity contribution in [2.75, 3.05) is 18.5 Å². The first-order chi connectivity index (χ1) is 14.7. The molecule has 1 aliphatic rings. The molecule has 0 atom stereocenters. The van der Waals surface area contributed by atoms with Crippen LogP contribution in [0.15, 0.2) is 60.7 Å². The molecule has 7 heteroatoms. The fraction of sp³-hybridized carbons (Fsp3) is 0.174. The third-order valence-electron chi connectivity index (χ3n) is 5.16. The van der Waals surface area contributed by atoms with Crippen LogP contribution in [0.1, 0.15) is 21.5 Å². The Balaban J connectivity index is 1.36. The molecule has 1 aromatic heterocycles. The number of rotatable bonds is 4. The van der Waals surface area contributed by atoms with E-state index >= 15 is 0 Å². The molecule has 2 heterocycles. The molecule has 0 fully saturated rings. The van der Waals surface area contributed by atoms with Gasteiger partial charge in [-0.15, -0.1) is 5.10 Å². The Morgan fingerprint density at radius 2 is 1.87 bits per heavy atom. The average Bonchev–Trinajstić information content (AvgIpc) is 3.17. The maximum atomic E-state index is 12.7. The zero-order valence-corrected chi connectivity index (χ0v) is 16.5. The monoisotopic (exact) mass is 400 g/mol. The van der Waals surface area contributed by atoms with Gasteiger partial charge in [0.1, 0.15) is 18.7 Å². The Morgan fingerprint density at radius 3 is 2.73 bits per heavy atom. The number of aryl methyl sites for hydroxylation is 1. The van der Waals surface area contributed by atoms with E-state index in [-0.39, 0.29) is 5.91 Å². The summed E-state index contributed by atoms with van der Waals surface area (Å²) in [5, 5.41) is 11.4. The summed E-state index contributed by atoms with van der Waals surface area (Å²) >= 11 is 0. The summed E-state index contributed by atoms with van der Waals surface area (Å²) in [6, 6.07) is 19.0. The van der Waals surface area contributed by atoms with Gasteiger partial charge in [0, 0.05) is 17.3 Å². The summed E-state index contributed by atoms with van der Waals surface area (Å²) in [5.74, 6) is 1.10. The molecule has 1 aliphatic heterocycles. The smallest absolute Gasteiger partial charge is 0.255 e. The number of anilines is 1. The zero-order chi connectivity index (χ0) is 20.5. The van der Waals surface area contributed by atoms with Crippen LogP contribution < -0.4 is 14.8 Å². The van der Waals surface area contributed by atoms with E-state index in [1.165, 1.54) is 11.1 Å². The van der Waals surface area contributed by atoms with E-state index in [1.807, 2.05) is 22.9 Å². The van der Waals surface area contributed by atoms with Crippen LogP contribution in [0, 0.1) is 6.92 Å². The number of carbonyl (C=O) groups excluding carboxylic acids is 1. The Hall–Kier alpha value is -3.87. The second-order valence-electron chi connectivity index (χ2n) is 7.19. The largest absolute Gasteiger partial charge is 0.486 e. The number of aromatic nitrogens is 3. The van der Waals surface area contributed by atoms with Crippen molar-refractivity contribution in [1.29, 1.82) is 0 Å². The van der Waals surface area contributed by atoms with Crippen molar-refractivity contribution in [1.82, 2.24) is 15.0 Å². The third kappa shape index (κ3) is 3.45. The van der Waals surface area contributed by atoms with E-state index in [2.05, 4.69) is 34.7 Å². The molecule has 3 aromatic carbocycles. The van der Waals surface area contributed by atoms with E-state index in [0.29, 0.717) is 48.0 Å². The minimum absolute atomic E-state index is 0.220. The Morgan fingerprint density at radius 1 is 1.03 bits per heavy atom. The molecule has 1 N–H and O–H groups in total. The summed E-state index contributed by atoms with van der Waals surface area (Å²) in [7, 11) is 0. The van der Waals surface area contributed by atoms with Crippen molar-refractivity contribution in [3.63, 3.8) is 0 Å². The first-order valence-electron chi connectivity index (χ1n) is 9.76. The lowest BCUT2D eigenvalue weighted by atomic mass is 10.1. The molecule has 5 rings (SSSR count). The highest BCUT2D eigenvalue weighted by molar-refractivity contribution is 6.06. The maximum absolute atomic E-state index is 12.7. The molecule has 150 valence electrons. The van der Waals surface area contributed by atoms with Crippen molar-refractivity contribution < 1.29 is 14.3 Å². The number of amides is 1. The van der Waals surface area contributed by atoms with Gasteiger partial charge in [0.25, 0.3) is 5.91 Å². The lowest BCUT2D eigenvalue weighted by Gasteiger charge is -2.19. The summed E-state index contributed by atoms with van der Waals surface area (Å²) < 4.78 is 12.9. The van der Waals surface area contributed by atoms with Gasteiger partial charge >= 0.3 is 0 Å². The molecule has 0 bridgehead atoms. The lowest BCUT2D eigenvalue weighted by molar-refractivity contribution is 0.102. The van der Waals surface area contributed by atoms with E-state index in [9.17, 15) is 4.79 Å². The van der Waals surface area contributed by atoms with Gasteiger partial charge in [0.05, 0.1) is 12.1 Å². The second kappa shape index (κ2) is 7.51. The van der Waals surface area contributed by atoms with Crippen LogP contribution in [0.2, 0.25) is 0 Å². The van der Waals surface area contributed by atoms with E-state index in [4.69, 9.17) is 9.47 Å². The van der Waals surface area contributed by atoms with Crippen LogP contribution >= 0.6 is 0 Å². The van der Waals surface area contributed by atoms with Crippen LogP contribution in [0.5, 0.6) is 11.5 Å². The van der Waals surface area contributed by atoms with Gasteiger partial charge in [-0.2, -0.15) is 0 Å². The van der Waals surface area contributed by atoms with Crippen molar-refractivity contribution in [2.24, 2.45) is 0 Å². The minimum atomic E-state index is -0.220. The Labute approximate surface area is 173 Å². The number of fused-ring (bicyclic) bond motifs is 2. The van der Waals surface area contributed by atoms with Crippen LogP contribution in [-0.4, -0.2) is 34.1 Å². The Kier molecular flexibility index (Phi) is 4.55. The van der Waals surface area contributed by atoms with E-state index in [0.717, 1.165) is 5.52 Å². The zero-order valence-electron chi connectivity index (χ0n) is 16.5. The molecule has 1 amide bonds. The number of ether oxygens (including phenoxy) is 2.